The van der Waals surface area contributed by atoms with Gasteiger partial charge in [-0.1, -0.05) is 11.6 Å². The lowest BCUT2D eigenvalue weighted by Gasteiger charge is -2.39. The highest BCUT2D eigenvalue weighted by molar-refractivity contribution is 6.22. The molecule has 1 unspecified atom stereocenters. The molecule has 0 aromatic heterocycles. The monoisotopic (exact) mass is 358 g/mol. The average Bonchev–Trinajstić information content (AvgIpc) is 3.18. The number of nitrogens with zero attached hydrogens (tertiary/aromatic N) is 2. The minimum atomic E-state index is -0.831. The second kappa shape index (κ2) is 6.17. The summed E-state index contributed by atoms with van der Waals surface area (Å²) < 4.78 is 11.4. The van der Waals surface area contributed by atoms with Crippen molar-refractivity contribution in [3.05, 3.63) is 34.9 Å². The van der Waals surface area contributed by atoms with Crippen molar-refractivity contribution in [2.75, 3.05) is 26.3 Å². The van der Waals surface area contributed by atoms with Gasteiger partial charge in [0.1, 0.15) is 6.04 Å². The number of amides is 3. The van der Waals surface area contributed by atoms with Crippen LogP contribution in [0.25, 0.3) is 0 Å². The van der Waals surface area contributed by atoms with E-state index in [1.807, 2.05) is 6.92 Å². The molecule has 3 amide bonds. The largest absolute Gasteiger partial charge is 0.347 e. The molecule has 2 fully saturated rings. The van der Waals surface area contributed by atoms with E-state index in [9.17, 15) is 14.4 Å². The van der Waals surface area contributed by atoms with Crippen LogP contribution in [0.2, 0.25) is 0 Å². The molecule has 7 heteroatoms. The predicted octanol–water partition coefficient (Wildman–Crippen LogP) is 1.35. The second-order valence-electron chi connectivity index (χ2n) is 7.14. The van der Waals surface area contributed by atoms with Crippen LogP contribution in [0, 0.1) is 6.92 Å². The summed E-state index contributed by atoms with van der Waals surface area (Å²) in [5.74, 6) is -1.58. The van der Waals surface area contributed by atoms with Gasteiger partial charge < -0.3 is 14.4 Å². The third kappa shape index (κ3) is 2.62. The molecule has 3 heterocycles. The number of aryl methyl sites for hydroxylation is 1. The van der Waals surface area contributed by atoms with Crippen molar-refractivity contribution in [3.63, 3.8) is 0 Å². The van der Waals surface area contributed by atoms with Gasteiger partial charge in [0.05, 0.1) is 24.3 Å². The van der Waals surface area contributed by atoms with Crippen molar-refractivity contribution < 1.29 is 23.9 Å². The SMILES string of the molecule is Cc1ccc2c(c1)C(=O)N(C(C)C(=O)N1CCC3(CC1)OCCO3)C2=O. The summed E-state index contributed by atoms with van der Waals surface area (Å²) in [6.07, 6.45) is 1.21. The Labute approximate surface area is 151 Å². The van der Waals surface area contributed by atoms with Gasteiger partial charge in [-0.2, -0.15) is 0 Å². The van der Waals surface area contributed by atoms with Gasteiger partial charge in [-0.3, -0.25) is 19.3 Å². The van der Waals surface area contributed by atoms with Crippen molar-refractivity contribution in [3.8, 4) is 0 Å². The lowest BCUT2D eigenvalue weighted by atomic mass is 10.0. The summed E-state index contributed by atoms with van der Waals surface area (Å²) >= 11 is 0. The highest BCUT2D eigenvalue weighted by Crippen LogP contribution is 2.32. The molecule has 3 aliphatic rings. The van der Waals surface area contributed by atoms with E-state index in [-0.39, 0.29) is 5.91 Å². The van der Waals surface area contributed by atoms with Gasteiger partial charge in [-0.15, -0.1) is 0 Å². The molecular weight excluding hydrogens is 336 g/mol. The number of piperidine rings is 1. The zero-order valence-corrected chi connectivity index (χ0v) is 15.0. The maximum absolute atomic E-state index is 12.9. The Morgan fingerprint density at radius 1 is 1.08 bits per heavy atom. The quantitative estimate of drug-likeness (QED) is 0.746. The average molecular weight is 358 g/mol. The lowest BCUT2D eigenvalue weighted by molar-refractivity contribution is -0.188. The maximum atomic E-state index is 12.9. The zero-order chi connectivity index (χ0) is 18.5. The summed E-state index contributed by atoms with van der Waals surface area (Å²) in [6, 6.07) is 4.32. The molecule has 3 aliphatic heterocycles. The van der Waals surface area contributed by atoms with E-state index in [2.05, 4.69) is 0 Å². The molecule has 1 atom stereocenters. The topological polar surface area (TPSA) is 76.2 Å². The van der Waals surface area contributed by atoms with Crippen molar-refractivity contribution in [2.45, 2.75) is 38.5 Å². The minimum absolute atomic E-state index is 0.218. The first-order valence-electron chi connectivity index (χ1n) is 8.97. The fourth-order valence-corrected chi connectivity index (χ4v) is 3.95. The van der Waals surface area contributed by atoms with Gasteiger partial charge in [0.25, 0.3) is 11.8 Å². The Hall–Kier alpha value is -2.25. The Bertz CT molecular complexity index is 774. The van der Waals surface area contributed by atoms with Gasteiger partial charge in [0.2, 0.25) is 5.91 Å². The summed E-state index contributed by atoms with van der Waals surface area (Å²) in [4.78, 5) is 41.0. The number of carbonyl (C=O) groups is 3. The number of carbonyl (C=O) groups excluding carboxylic acids is 3. The number of fused-ring (bicyclic) bond motifs is 1. The van der Waals surface area contributed by atoms with Crippen molar-refractivity contribution >= 4 is 17.7 Å². The molecule has 0 bridgehead atoms. The van der Waals surface area contributed by atoms with Gasteiger partial charge in [-0.05, 0) is 26.0 Å². The number of hydrogen-bond acceptors (Lipinski definition) is 5. The second-order valence-corrected chi connectivity index (χ2v) is 7.14. The van der Waals surface area contributed by atoms with Crippen LogP contribution in [0.5, 0.6) is 0 Å². The highest BCUT2D eigenvalue weighted by Gasteiger charge is 2.45. The van der Waals surface area contributed by atoms with Crippen molar-refractivity contribution in [2.24, 2.45) is 0 Å². The number of hydrogen-bond donors (Lipinski definition) is 0. The van der Waals surface area contributed by atoms with E-state index in [4.69, 9.17) is 9.47 Å². The molecule has 4 rings (SSSR count). The van der Waals surface area contributed by atoms with E-state index in [0.717, 1.165) is 10.5 Å². The number of rotatable bonds is 2. The first kappa shape index (κ1) is 17.2. The number of imide groups is 1. The van der Waals surface area contributed by atoms with E-state index >= 15 is 0 Å². The summed E-state index contributed by atoms with van der Waals surface area (Å²) in [5.41, 5.74) is 1.65. The number of ether oxygens (including phenoxy) is 2. The third-order valence-corrected chi connectivity index (χ3v) is 5.47. The van der Waals surface area contributed by atoms with Crippen LogP contribution in [0.3, 0.4) is 0 Å². The van der Waals surface area contributed by atoms with Gasteiger partial charge in [0, 0.05) is 25.9 Å². The first-order chi connectivity index (χ1) is 12.4. The standard InChI is InChI=1S/C19H22N2O5/c1-12-3-4-14-15(11-12)18(24)21(17(14)23)13(2)16(22)20-7-5-19(6-8-20)25-9-10-26-19/h3-4,11,13H,5-10H2,1-2H3. The van der Waals surface area contributed by atoms with Gasteiger partial charge in [0.15, 0.2) is 5.79 Å². The first-order valence-corrected chi connectivity index (χ1v) is 8.97. The van der Waals surface area contributed by atoms with Crippen LogP contribution in [0.1, 0.15) is 46.0 Å². The fraction of sp³-hybridized carbons (Fsp3) is 0.526. The fourth-order valence-electron chi connectivity index (χ4n) is 3.95. The summed E-state index contributed by atoms with van der Waals surface area (Å²) in [5, 5.41) is 0. The van der Waals surface area contributed by atoms with Crippen LogP contribution < -0.4 is 0 Å². The molecule has 1 aromatic rings. The molecule has 2 saturated heterocycles. The Balaban J connectivity index is 1.48. The van der Waals surface area contributed by atoms with E-state index in [1.165, 1.54) is 0 Å². The van der Waals surface area contributed by atoms with Gasteiger partial charge >= 0.3 is 0 Å². The minimum Gasteiger partial charge on any atom is -0.347 e. The van der Waals surface area contributed by atoms with E-state index in [0.29, 0.717) is 50.3 Å². The molecule has 0 radical (unpaired) electrons. The Kier molecular flexibility index (Phi) is 4.08. The highest BCUT2D eigenvalue weighted by atomic mass is 16.7. The Morgan fingerprint density at radius 3 is 2.35 bits per heavy atom. The molecule has 1 spiro atoms. The molecule has 0 N–H and O–H groups in total. The van der Waals surface area contributed by atoms with Gasteiger partial charge in [-0.25, -0.2) is 0 Å². The summed E-state index contributed by atoms with van der Waals surface area (Å²) in [7, 11) is 0. The molecule has 1 aromatic carbocycles. The normalized spacial score (nSPS) is 22.8. The van der Waals surface area contributed by atoms with Crippen molar-refractivity contribution in [1.82, 2.24) is 9.80 Å². The lowest BCUT2D eigenvalue weighted by Crippen LogP contribution is -2.54. The molecule has 26 heavy (non-hydrogen) atoms. The number of benzene rings is 1. The zero-order valence-electron chi connectivity index (χ0n) is 15.0. The predicted molar refractivity (Wildman–Crippen MR) is 91.6 cm³/mol. The molecular formula is C19H22N2O5. The van der Waals surface area contributed by atoms with E-state index < -0.39 is 23.6 Å². The molecule has 0 saturated carbocycles. The number of likely N-dealkylation sites (tertiary alicyclic amines) is 1. The van der Waals surface area contributed by atoms with Crippen LogP contribution in [-0.2, 0) is 14.3 Å². The molecule has 7 nitrogen and oxygen atoms in total. The molecule has 0 aliphatic carbocycles. The van der Waals surface area contributed by atoms with Crippen molar-refractivity contribution in [1.29, 1.82) is 0 Å². The van der Waals surface area contributed by atoms with Crippen LogP contribution in [0.15, 0.2) is 18.2 Å². The van der Waals surface area contributed by atoms with E-state index in [1.54, 1.807) is 30.0 Å². The third-order valence-electron chi connectivity index (χ3n) is 5.47. The summed E-state index contributed by atoms with van der Waals surface area (Å²) in [6.45, 7) is 5.63. The van der Waals surface area contributed by atoms with Crippen LogP contribution >= 0.6 is 0 Å². The molecule has 138 valence electrons. The Morgan fingerprint density at radius 2 is 1.69 bits per heavy atom. The maximum Gasteiger partial charge on any atom is 0.262 e. The van der Waals surface area contributed by atoms with Crippen LogP contribution in [-0.4, -0.2) is 65.7 Å². The smallest absolute Gasteiger partial charge is 0.262 e. The van der Waals surface area contributed by atoms with Crippen LogP contribution in [0.4, 0.5) is 0 Å².